The molecule has 0 bridgehead atoms. The van der Waals surface area contributed by atoms with E-state index in [-0.39, 0.29) is 24.5 Å². The molecule has 1 aromatic rings. The van der Waals surface area contributed by atoms with Gasteiger partial charge >= 0.3 is 0 Å². The van der Waals surface area contributed by atoms with Gasteiger partial charge in [-0.15, -0.1) is 0 Å². The third-order valence-corrected chi connectivity index (χ3v) is 3.33. The molecule has 0 heterocycles. The third kappa shape index (κ3) is 4.73. The van der Waals surface area contributed by atoms with E-state index in [4.69, 9.17) is 21.4 Å². The summed E-state index contributed by atoms with van der Waals surface area (Å²) in [6, 6.07) is 6.90. The minimum absolute atomic E-state index is 0.00327. The summed E-state index contributed by atoms with van der Waals surface area (Å²) in [6.45, 7) is 5.40. The standard InChI is InChI=1S/C14H20ClNO3/c1-9(8-17)10(2)16-14(18)11(3)19-13-7-5-4-6-12(13)15/h4-7,9-11,17H,8H2,1-3H3,(H,16,18). The minimum atomic E-state index is -0.645. The van der Waals surface area contributed by atoms with Crippen LogP contribution in [0.2, 0.25) is 5.02 Å². The van der Waals surface area contributed by atoms with E-state index in [0.29, 0.717) is 10.8 Å². The Labute approximate surface area is 118 Å². The predicted molar refractivity (Wildman–Crippen MR) is 75.4 cm³/mol. The van der Waals surface area contributed by atoms with Crippen LogP contribution in [0.3, 0.4) is 0 Å². The molecule has 19 heavy (non-hydrogen) atoms. The predicted octanol–water partition coefficient (Wildman–Crippen LogP) is 2.24. The van der Waals surface area contributed by atoms with Crippen LogP contribution in [0.25, 0.3) is 0 Å². The summed E-state index contributed by atoms with van der Waals surface area (Å²) in [5.41, 5.74) is 0. The molecule has 0 aromatic heterocycles. The maximum absolute atomic E-state index is 11.9. The molecule has 0 fully saturated rings. The highest BCUT2D eigenvalue weighted by Crippen LogP contribution is 2.24. The van der Waals surface area contributed by atoms with Gasteiger partial charge in [-0.2, -0.15) is 0 Å². The van der Waals surface area contributed by atoms with Crippen LogP contribution < -0.4 is 10.1 Å². The first-order valence-corrected chi connectivity index (χ1v) is 6.66. The first-order valence-electron chi connectivity index (χ1n) is 6.28. The van der Waals surface area contributed by atoms with Crippen LogP contribution in [0, 0.1) is 5.92 Å². The SMILES string of the molecule is CC(Oc1ccccc1Cl)C(=O)NC(C)C(C)CO. The first kappa shape index (κ1) is 15.8. The molecule has 1 aromatic carbocycles. The fourth-order valence-electron chi connectivity index (χ4n) is 1.43. The molecule has 0 aliphatic heterocycles. The Morgan fingerprint density at radius 1 is 1.37 bits per heavy atom. The van der Waals surface area contributed by atoms with Crippen LogP contribution in [0.5, 0.6) is 5.75 Å². The van der Waals surface area contributed by atoms with Crippen LogP contribution in [0.1, 0.15) is 20.8 Å². The van der Waals surface area contributed by atoms with E-state index in [0.717, 1.165) is 0 Å². The largest absolute Gasteiger partial charge is 0.479 e. The Kier molecular flexibility index (Phi) is 6.12. The molecule has 5 heteroatoms. The summed E-state index contributed by atoms with van der Waals surface area (Å²) >= 11 is 5.96. The first-order chi connectivity index (χ1) is 8.95. The second-order valence-corrected chi connectivity index (χ2v) is 5.05. The van der Waals surface area contributed by atoms with E-state index in [2.05, 4.69) is 5.32 Å². The fraction of sp³-hybridized carbons (Fsp3) is 0.500. The summed E-state index contributed by atoms with van der Waals surface area (Å²) < 4.78 is 5.51. The van der Waals surface area contributed by atoms with E-state index in [1.54, 1.807) is 31.2 Å². The lowest BCUT2D eigenvalue weighted by Gasteiger charge is -2.22. The molecule has 0 saturated carbocycles. The van der Waals surface area contributed by atoms with Gasteiger partial charge in [0.05, 0.1) is 5.02 Å². The van der Waals surface area contributed by atoms with Gasteiger partial charge in [-0.1, -0.05) is 30.7 Å². The molecule has 0 saturated heterocycles. The van der Waals surface area contributed by atoms with E-state index in [1.807, 2.05) is 13.8 Å². The Hall–Kier alpha value is -1.26. The van der Waals surface area contributed by atoms with Gasteiger partial charge in [-0.25, -0.2) is 0 Å². The van der Waals surface area contributed by atoms with Gasteiger partial charge in [0.1, 0.15) is 5.75 Å². The monoisotopic (exact) mass is 285 g/mol. The molecule has 4 nitrogen and oxygen atoms in total. The van der Waals surface area contributed by atoms with Gasteiger partial charge in [0.25, 0.3) is 5.91 Å². The summed E-state index contributed by atoms with van der Waals surface area (Å²) in [4.78, 5) is 11.9. The fourth-order valence-corrected chi connectivity index (χ4v) is 1.61. The number of aliphatic hydroxyl groups excluding tert-OH is 1. The van der Waals surface area contributed by atoms with Crippen LogP contribution in [0.4, 0.5) is 0 Å². The number of hydrogen-bond donors (Lipinski definition) is 2. The Balaban J connectivity index is 2.56. The van der Waals surface area contributed by atoms with Gasteiger partial charge in [-0.3, -0.25) is 4.79 Å². The van der Waals surface area contributed by atoms with Crippen molar-refractivity contribution in [2.45, 2.75) is 32.9 Å². The van der Waals surface area contributed by atoms with Crippen LogP contribution in [-0.2, 0) is 4.79 Å². The molecule has 0 spiro atoms. The number of halogens is 1. The Bertz CT molecular complexity index is 425. The van der Waals surface area contributed by atoms with Crippen molar-refractivity contribution in [3.63, 3.8) is 0 Å². The normalized spacial score (nSPS) is 15.4. The zero-order valence-electron chi connectivity index (χ0n) is 11.4. The van der Waals surface area contributed by atoms with Gasteiger partial charge < -0.3 is 15.2 Å². The number of rotatable bonds is 6. The van der Waals surface area contributed by atoms with Crippen molar-refractivity contribution in [1.29, 1.82) is 0 Å². The van der Waals surface area contributed by atoms with E-state index in [9.17, 15) is 4.79 Å². The molecular formula is C14H20ClNO3. The van der Waals surface area contributed by atoms with Crippen LogP contribution in [0.15, 0.2) is 24.3 Å². The van der Waals surface area contributed by atoms with Crippen molar-refractivity contribution in [3.05, 3.63) is 29.3 Å². The number of carbonyl (C=O) groups is 1. The maximum Gasteiger partial charge on any atom is 0.260 e. The highest BCUT2D eigenvalue weighted by molar-refractivity contribution is 6.32. The number of hydrogen-bond acceptors (Lipinski definition) is 3. The van der Waals surface area contributed by atoms with Crippen molar-refractivity contribution in [2.75, 3.05) is 6.61 Å². The van der Waals surface area contributed by atoms with E-state index < -0.39 is 6.10 Å². The number of benzene rings is 1. The van der Waals surface area contributed by atoms with Gasteiger partial charge in [0, 0.05) is 12.6 Å². The molecular weight excluding hydrogens is 266 g/mol. The molecule has 2 N–H and O–H groups in total. The van der Waals surface area contributed by atoms with Crippen molar-refractivity contribution >= 4 is 17.5 Å². The molecule has 0 radical (unpaired) electrons. The molecule has 0 aliphatic rings. The number of amides is 1. The lowest BCUT2D eigenvalue weighted by atomic mass is 10.1. The lowest BCUT2D eigenvalue weighted by Crippen LogP contribution is -2.44. The molecule has 106 valence electrons. The lowest BCUT2D eigenvalue weighted by molar-refractivity contribution is -0.128. The zero-order valence-corrected chi connectivity index (χ0v) is 12.1. The summed E-state index contributed by atoms with van der Waals surface area (Å²) in [6.07, 6.45) is -0.645. The zero-order chi connectivity index (χ0) is 14.4. The van der Waals surface area contributed by atoms with Crippen molar-refractivity contribution in [3.8, 4) is 5.75 Å². The number of carbonyl (C=O) groups excluding carboxylic acids is 1. The average Bonchev–Trinajstić information content (AvgIpc) is 2.40. The van der Waals surface area contributed by atoms with E-state index in [1.165, 1.54) is 0 Å². The number of aliphatic hydroxyl groups is 1. The second kappa shape index (κ2) is 7.36. The van der Waals surface area contributed by atoms with Crippen molar-refractivity contribution in [2.24, 2.45) is 5.92 Å². The average molecular weight is 286 g/mol. The third-order valence-electron chi connectivity index (χ3n) is 3.02. The number of nitrogens with one attached hydrogen (secondary N) is 1. The Morgan fingerprint density at radius 3 is 2.58 bits per heavy atom. The van der Waals surface area contributed by atoms with E-state index >= 15 is 0 Å². The van der Waals surface area contributed by atoms with Crippen LogP contribution >= 0.6 is 11.6 Å². The van der Waals surface area contributed by atoms with Gasteiger partial charge in [0.15, 0.2) is 6.10 Å². The second-order valence-electron chi connectivity index (χ2n) is 4.65. The highest BCUT2D eigenvalue weighted by atomic mass is 35.5. The minimum Gasteiger partial charge on any atom is -0.479 e. The molecule has 0 aliphatic carbocycles. The van der Waals surface area contributed by atoms with Gasteiger partial charge in [0.2, 0.25) is 0 Å². The quantitative estimate of drug-likeness (QED) is 0.843. The maximum atomic E-state index is 11.9. The number of para-hydroxylation sites is 1. The van der Waals surface area contributed by atoms with Gasteiger partial charge in [-0.05, 0) is 31.9 Å². The molecule has 3 atom stereocenters. The number of ether oxygens (including phenoxy) is 1. The topological polar surface area (TPSA) is 58.6 Å². The summed E-state index contributed by atoms with van der Waals surface area (Å²) in [5.74, 6) is 0.249. The van der Waals surface area contributed by atoms with Crippen molar-refractivity contribution < 1.29 is 14.6 Å². The molecule has 1 rings (SSSR count). The smallest absolute Gasteiger partial charge is 0.260 e. The molecule has 3 unspecified atom stereocenters. The molecule has 1 amide bonds. The van der Waals surface area contributed by atoms with Crippen LogP contribution in [-0.4, -0.2) is 29.8 Å². The van der Waals surface area contributed by atoms with Crippen molar-refractivity contribution in [1.82, 2.24) is 5.32 Å². The highest BCUT2D eigenvalue weighted by Gasteiger charge is 2.20. The summed E-state index contributed by atoms with van der Waals surface area (Å²) in [5, 5.41) is 12.3. The summed E-state index contributed by atoms with van der Waals surface area (Å²) in [7, 11) is 0. The Morgan fingerprint density at radius 2 is 2.00 bits per heavy atom.